The van der Waals surface area contributed by atoms with Crippen LogP contribution in [0.2, 0.25) is 5.02 Å². The zero-order chi connectivity index (χ0) is 17.0. The fraction of sp³-hybridized carbons (Fsp3) is 0.143. The number of para-hydroxylation sites is 1. The predicted molar refractivity (Wildman–Crippen MR) is 100 cm³/mol. The second kappa shape index (κ2) is 5.51. The molecule has 3 heterocycles. The van der Waals surface area contributed by atoms with Gasteiger partial charge in [0.2, 0.25) is 0 Å². The molecule has 1 N–H and O–H groups in total. The van der Waals surface area contributed by atoms with E-state index in [0.29, 0.717) is 6.54 Å². The summed E-state index contributed by atoms with van der Waals surface area (Å²) in [5, 5.41) is 5.54. The molecule has 25 heavy (non-hydrogen) atoms. The van der Waals surface area contributed by atoms with Crippen LogP contribution in [-0.4, -0.2) is 4.57 Å². The van der Waals surface area contributed by atoms with Crippen LogP contribution >= 0.6 is 11.6 Å². The number of halogens is 1. The van der Waals surface area contributed by atoms with Crippen molar-refractivity contribution in [2.24, 2.45) is 0 Å². The third-order valence-electron chi connectivity index (χ3n) is 4.96. The fourth-order valence-electron chi connectivity index (χ4n) is 3.72. The van der Waals surface area contributed by atoms with Crippen molar-refractivity contribution in [1.29, 1.82) is 0 Å². The summed E-state index contributed by atoms with van der Waals surface area (Å²) in [7, 11) is 0. The summed E-state index contributed by atoms with van der Waals surface area (Å²) in [5.74, 6) is 0.924. The van der Waals surface area contributed by atoms with Gasteiger partial charge in [-0.05, 0) is 42.8 Å². The number of hydrogen-bond acceptors (Lipinski definition) is 2. The van der Waals surface area contributed by atoms with E-state index in [0.717, 1.165) is 44.3 Å². The van der Waals surface area contributed by atoms with Crippen LogP contribution in [0, 0.1) is 6.92 Å². The largest absolute Gasteiger partial charge is 0.459 e. The summed E-state index contributed by atoms with van der Waals surface area (Å²) in [6.45, 7) is 2.77. The Kier molecular flexibility index (Phi) is 3.27. The molecule has 1 unspecified atom stereocenters. The molecule has 1 aliphatic heterocycles. The number of nitrogens with zero attached hydrogens (tertiary/aromatic N) is 1. The maximum absolute atomic E-state index is 6.45. The summed E-state index contributed by atoms with van der Waals surface area (Å²) in [4.78, 5) is 0. The van der Waals surface area contributed by atoms with Crippen LogP contribution in [0.3, 0.4) is 0 Å². The quantitative estimate of drug-likeness (QED) is 0.500. The molecule has 0 fully saturated rings. The molecule has 0 radical (unpaired) electrons. The first-order valence-corrected chi connectivity index (χ1v) is 8.77. The minimum atomic E-state index is -0.0229. The number of aromatic nitrogens is 1. The number of aryl methyl sites for hydroxylation is 1. The van der Waals surface area contributed by atoms with Gasteiger partial charge in [-0.25, -0.2) is 0 Å². The number of nitrogens with one attached hydrogen (secondary N) is 1. The summed E-state index contributed by atoms with van der Waals surface area (Å²) in [6.07, 6.45) is 2.08. The highest BCUT2D eigenvalue weighted by Gasteiger charge is 2.26. The van der Waals surface area contributed by atoms with Gasteiger partial charge >= 0.3 is 0 Å². The van der Waals surface area contributed by atoms with Crippen LogP contribution < -0.4 is 5.32 Å². The van der Waals surface area contributed by atoms with Crippen molar-refractivity contribution >= 4 is 22.6 Å². The molecule has 0 amide bonds. The summed E-state index contributed by atoms with van der Waals surface area (Å²) in [6, 6.07) is 18.6. The van der Waals surface area contributed by atoms with Crippen LogP contribution in [0.4, 0.5) is 0 Å². The minimum absolute atomic E-state index is 0.0229. The van der Waals surface area contributed by atoms with Crippen LogP contribution in [0.25, 0.3) is 16.7 Å². The normalized spacial score (nSPS) is 16.5. The van der Waals surface area contributed by atoms with Crippen molar-refractivity contribution in [2.45, 2.75) is 19.5 Å². The summed E-state index contributed by atoms with van der Waals surface area (Å²) in [5.41, 5.74) is 5.49. The van der Waals surface area contributed by atoms with Gasteiger partial charge in [-0.2, -0.15) is 0 Å². The number of benzene rings is 2. The Hall–Kier alpha value is -2.49. The summed E-state index contributed by atoms with van der Waals surface area (Å²) < 4.78 is 8.44. The van der Waals surface area contributed by atoms with Crippen molar-refractivity contribution in [2.75, 3.05) is 0 Å². The SMILES string of the molecule is Cc1cccc2cc(C3NCc4c(Cl)cccc4-n4cccc43)oc12. The standard InChI is InChI=1S/C21H17ClN2O/c1-13-5-2-6-14-11-19(25-21(13)14)20-18-9-4-10-24(18)17-8-3-7-16(22)15(17)12-23-20/h2-11,20,23H,12H2,1H3. The molecular formula is C21H17ClN2O. The van der Waals surface area contributed by atoms with Gasteiger partial charge in [0.05, 0.1) is 5.69 Å². The van der Waals surface area contributed by atoms with Crippen molar-refractivity contribution in [1.82, 2.24) is 9.88 Å². The maximum atomic E-state index is 6.45. The molecule has 0 aliphatic carbocycles. The van der Waals surface area contributed by atoms with E-state index in [4.69, 9.17) is 16.0 Å². The fourth-order valence-corrected chi connectivity index (χ4v) is 3.96. The molecule has 2 aromatic carbocycles. The third kappa shape index (κ3) is 2.24. The zero-order valence-corrected chi connectivity index (χ0v) is 14.5. The molecule has 2 aromatic heterocycles. The van der Waals surface area contributed by atoms with Crippen molar-refractivity contribution in [3.63, 3.8) is 0 Å². The average Bonchev–Trinajstić information content (AvgIpc) is 3.22. The first kappa shape index (κ1) is 14.8. The van der Waals surface area contributed by atoms with E-state index in [1.165, 1.54) is 0 Å². The van der Waals surface area contributed by atoms with Gasteiger partial charge in [0.15, 0.2) is 0 Å². The Bertz CT molecular complexity index is 1090. The van der Waals surface area contributed by atoms with Crippen LogP contribution in [-0.2, 0) is 6.54 Å². The number of rotatable bonds is 1. The maximum Gasteiger partial charge on any atom is 0.137 e. The third-order valence-corrected chi connectivity index (χ3v) is 5.31. The molecule has 124 valence electrons. The number of hydrogen-bond donors (Lipinski definition) is 1. The zero-order valence-electron chi connectivity index (χ0n) is 13.8. The Balaban J connectivity index is 1.69. The van der Waals surface area contributed by atoms with Crippen LogP contribution in [0.5, 0.6) is 0 Å². The van der Waals surface area contributed by atoms with Crippen LogP contribution in [0.1, 0.15) is 28.6 Å². The second-order valence-corrected chi connectivity index (χ2v) is 6.90. The minimum Gasteiger partial charge on any atom is -0.459 e. The predicted octanol–water partition coefficient (Wildman–Crippen LogP) is 5.38. The van der Waals surface area contributed by atoms with Gasteiger partial charge in [-0.15, -0.1) is 0 Å². The van der Waals surface area contributed by atoms with E-state index < -0.39 is 0 Å². The molecule has 0 bridgehead atoms. The van der Waals surface area contributed by atoms with Gasteiger partial charge < -0.3 is 8.98 Å². The van der Waals surface area contributed by atoms with E-state index in [1.807, 2.05) is 12.1 Å². The van der Waals surface area contributed by atoms with E-state index in [1.54, 1.807) is 0 Å². The van der Waals surface area contributed by atoms with E-state index in [2.05, 4.69) is 65.5 Å². The van der Waals surface area contributed by atoms with Crippen molar-refractivity contribution in [3.8, 4) is 5.69 Å². The first-order valence-electron chi connectivity index (χ1n) is 8.40. The lowest BCUT2D eigenvalue weighted by Crippen LogP contribution is -2.20. The lowest BCUT2D eigenvalue weighted by molar-refractivity contribution is 0.465. The van der Waals surface area contributed by atoms with Gasteiger partial charge in [-0.3, -0.25) is 5.32 Å². The van der Waals surface area contributed by atoms with Gasteiger partial charge in [0.25, 0.3) is 0 Å². The molecule has 4 heteroatoms. The molecule has 4 aromatic rings. The van der Waals surface area contributed by atoms with Crippen LogP contribution in [0.15, 0.2) is 65.2 Å². The average molecular weight is 349 g/mol. The Morgan fingerprint density at radius 1 is 1.12 bits per heavy atom. The second-order valence-electron chi connectivity index (χ2n) is 6.50. The van der Waals surface area contributed by atoms with Crippen molar-refractivity contribution < 1.29 is 4.42 Å². The highest BCUT2D eigenvalue weighted by Crippen LogP contribution is 2.35. The monoisotopic (exact) mass is 348 g/mol. The molecule has 3 nitrogen and oxygen atoms in total. The van der Waals surface area contributed by atoms with Gasteiger partial charge in [0, 0.05) is 34.4 Å². The molecule has 1 aliphatic rings. The van der Waals surface area contributed by atoms with Gasteiger partial charge in [-0.1, -0.05) is 35.9 Å². The number of furan rings is 1. The Labute approximate surface area is 150 Å². The Morgan fingerprint density at radius 2 is 2.00 bits per heavy atom. The van der Waals surface area contributed by atoms with E-state index in [9.17, 15) is 0 Å². The molecule has 0 spiro atoms. The molecule has 1 atom stereocenters. The highest BCUT2D eigenvalue weighted by atomic mass is 35.5. The van der Waals surface area contributed by atoms with Crippen molar-refractivity contribution in [3.05, 3.63) is 88.4 Å². The first-order chi connectivity index (χ1) is 12.2. The molecule has 0 saturated heterocycles. The smallest absolute Gasteiger partial charge is 0.137 e. The molecule has 5 rings (SSSR count). The number of fused-ring (bicyclic) bond motifs is 4. The lowest BCUT2D eigenvalue weighted by Gasteiger charge is -2.15. The lowest BCUT2D eigenvalue weighted by atomic mass is 10.1. The summed E-state index contributed by atoms with van der Waals surface area (Å²) >= 11 is 6.45. The molecular weight excluding hydrogens is 332 g/mol. The van der Waals surface area contributed by atoms with Gasteiger partial charge in [0.1, 0.15) is 17.4 Å². The molecule has 0 saturated carbocycles. The highest BCUT2D eigenvalue weighted by molar-refractivity contribution is 6.31. The van der Waals surface area contributed by atoms with E-state index in [-0.39, 0.29) is 6.04 Å². The topological polar surface area (TPSA) is 30.1 Å². The Morgan fingerprint density at radius 3 is 2.88 bits per heavy atom. The van der Waals surface area contributed by atoms with E-state index >= 15 is 0 Å².